The van der Waals surface area contributed by atoms with Crippen molar-refractivity contribution in [3.8, 4) is 0 Å². The summed E-state index contributed by atoms with van der Waals surface area (Å²) in [6, 6.07) is 0. The van der Waals surface area contributed by atoms with Gasteiger partial charge in [-0.15, -0.1) is 0 Å². The normalized spacial score (nSPS) is 20.6. The molecule has 1 N–H and O–H groups in total. The first kappa shape index (κ1) is 17.3. The highest BCUT2D eigenvalue weighted by Crippen LogP contribution is 2.07. The van der Waals surface area contributed by atoms with Crippen LogP contribution in [-0.2, 0) is 23.8 Å². The molecule has 1 aliphatic rings. The molecule has 0 radical (unpaired) electrons. The lowest BCUT2D eigenvalue weighted by molar-refractivity contribution is -0.138. The van der Waals surface area contributed by atoms with Crippen molar-refractivity contribution in [2.24, 2.45) is 0 Å². The minimum absolute atomic E-state index is 0.154. The largest absolute Gasteiger partial charge is 0.462 e. The van der Waals surface area contributed by atoms with E-state index in [9.17, 15) is 13.2 Å². The van der Waals surface area contributed by atoms with Gasteiger partial charge in [0.15, 0.2) is 0 Å². The molecule has 0 aromatic carbocycles. The smallest absolute Gasteiger partial charge is 0.293 e. The average Bonchev–Trinajstić information content (AvgIpc) is 2.15. The standard InChI is InChI=1S/C6H13NO3S.C5H10O2/c1-11(8,9)10-6-3-2-4-7-5-6;1-5(2,3)7-4-6/h6-7H,2-5H2,1H3;4H,1-3H3. The SMILES string of the molecule is CC(C)(C)OC=O.CS(=O)(=O)OC1CCCNC1. The van der Waals surface area contributed by atoms with Gasteiger partial charge in [0.1, 0.15) is 5.60 Å². The Morgan fingerprint density at radius 3 is 2.22 bits per heavy atom. The zero-order valence-corrected chi connectivity index (χ0v) is 12.2. The molecule has 1 saturated heterocycles. The first-order valence-corrected chi connectivity index (χ1v) is 7.66. The molecular formula is C11H23NO5S. The van der Waals surface area contributed by atoms with Crippen LogP contribution in [0.1, 0.15) is 33.6 Å². The zero-order chi connectivity index (χ0) is 14.2. The second kappa shape index (κ2) is 7.70. The zero-order valence-electron chi connectivity index (χ0n) is 11.4. The van der Waals surface area contributed by atoms with E-state index in [0.717, 1.165) is 25.6 Å². The van der Waals surface area contributed by atoms with Crippen molar-refractivity contribution >= 4 is 16.6 Å². The van der Waals surface area contributed by atoms with Crippen molar-refractivity contribution < 1.29 is 22.1 Å². The molecule has 108 valence electrons. The Morgan fingerprint density at radius 2 is 1.94 bits per heavy atom. The highest BCUT2D eigenvalue weighted by atomic mass is 32.2. The summed E-state index contributed by atoms with van der Waals surface area (Å²) in [4.78, 5) is 9.60. The molecule has 0 spiro atoms. The van der Waals surface area contributed by atoms with Crippen LogP contribution in [0.3, 0.4) is 0 Å². The maximum atomic E-state index is 10.6. The van der Waals surface area contributed by atoms with Crippen molar-refractivity contribution in [2.45, 2.75) is 45.3 Å². The maximum absolute atomic E-state index is 10.6. The van der Waals surface area contributed by atoms with Gasteiger partial charge in [-0.25, -0.2) is 0 Å². The van der Waals surface area contributed by atoms with E-state index in [2.05, 4.69) is 10.1 Å². The third-order valence-corrected chi connectivity index (χ3v) is 2.59. The Balaban J connectivity index is 0.000000360. The number of hydrogen-bond acceptors (Lipinski definition) is 6. The molecule has 0 aromatic rings. The van der Waals surface area contributed by atoms with Crippen LogP contribution in [0.25, 0.3) is 0 Å². The predicted octanol–water partition coefficient (Wildman–Crippen LogP) is 0.673. The third-order valence-electron chi connectivity index (χ3n) is 1.96. The van der Waals surface area contributed by atoms with E-state index < -0.39 is 10.1 Å². The summed E-state index contributed by atoms with van der Waals surface area (Å²) < 4.78 is 30.6. The van der Waals surface area contributed by atoms with Gasteiger partial charge in [-0.1, -0.05) is 0 Å². The molecule has 1 rings (SSSR count). The second-order valence-electron chi connectivity index (χ2n) is 5.10. The van der Waals surface area contributed by atoms with Gasteiger partial charge in [0, 0.05) is 6.54 Å². The van der Waals surface area contributed by atoms with Gasteiger partial charge in [-0.2, -0.15) is 8.42 Å². The summed E-state index contributed by atoms with van der Waals surface area (Å²) in [5, 5.41) is 3.07. The molecule has 0 aromatic heterocycles. The summed E-state index contributed by atoms with van der Waals surface area (Å²) >= 11 is 0. The molecule has 1 atom stereocenters. The lowest BCUT2D eigenvalue weighted by Crippen LogP contribution is -2.36. The van der Waals surface area contributed by atoms with E-state index >= 15 is 0 Å². The second-order valence-corrected chi connectivity index (χ2v) is 6.70. The summed E-state index contributed by atoms with van der Waals surface area (Å²) in [6.07, 6.45) is 2.75. The summed E-state index contributed by atoms with van der Waals surface area (Å²) in [5.41, 5.74) is -0.318. The van der Waals surface area contributed by atoms with E-state index in [0.29, 0.717) is 13.0 Å². The highest BCUT2D eigenvalue weighted by Gasteiger charge is 2.17. The van der Waals surface area contributed by atoms with Crippen LogP contribution in [0.5, 0.6) is 0 Å². The highest BCUT2D eigenvalue weighted by molar-refractivity contribution is 7.86. The molecular weight excluding hydrogens is 258 g/mol. The lowest BCUT2D eigenvalue weighted by Gasteiger charge is -2.21. The fraction of sp³-hybridized carbons (Fsp3) is 0.909. The maximum Gasteiger partial charge on any atom is 0.293 e. The van der Waals surface area contributed by atoms with Gasteiger partial charge in [0.25, 0.3) is 16.6 Å². The van der Waals surface area contributed by atoms with E-state index in [1.807, 2.05) is 20.8 Å². The van der Waals surface area contributed by atoms with Gasteiger partial charge in [0.2, 0.25) is 0 Å². The first-order chi connectivity index (χ1) is 8.14. The van der Waals surface area contributed by atoms with Gasteiger partial charge in [-0.3, -0.25) is 8.98 Å². The molecule has 1 heterocycles. The Labute approximate surface area is 109 Å². The minimum Gasteiger partial charge on any atom is -0.462 e. The molecule has 6 nitrogen and oxygen atoms in total. The number of carbonyl (C=O) groups is 1. The van der Waals surface area contributed by atoms with Gasteiger partial charge in [0.05, 0.1) is 12.4 Å². The minimum atomic E-state index is -3.26. The Morgan fingerprint density at radius 1 is 1.33 bits per heavy atom. The van der Waals surface area contributed by atoms with Crippen molar-refractivity contribution in [3.63, 3.8) is 0 Å². The van der Waals surface area contributed by atoms with Gasteiger partial charge >= 0.3 is 0 Å². The molecule has 1 fully saturated rings. The van der Waals surface area contributed by atoms with Crippen LogP contribution >= 0.6 is 0 Å². The van der Waals surface area contributed by atoms with E-state index in [4.69, 9.17) is 4.18 Å². The van der Waals surface area contributed by atoms with Gasteiger partial charge < -0.3 is 10.1 Å². The Hall–Kier alpha value is -0.660. The van der Waals surface area contributed by atoms with E-state index in [-0.39, 0.29) is 11.7 Å². The molecule has 0 aliphatic carbocycles. The third kappa shape index (κ3) is 11.8. The Bertz CT molecular complexity index is 328. The van der Waals surface area contributed by atoms with Crippen LogP contribution in [0.2, 0.25) is 0 Å². The van der Waals surface area contributed by atoms with Gasteiger partial charge in [-0.05, 0) is 40.2 Å². The predicted molar refractivity (Wildman–Crippen MR) is 68.7 cm³/mol. The number of hydrogen-bond donors (Lipinski definition) is 1. The van der Waals surface area contributed by atoms with Crippen LogP contribution in [0, 0.1) is 0 Å². The van der Waals surface area contributed by atoms with E-state index in [1.165, 1.54) is 0 Å². The van der Waals surface area contributed by atoms with Crippen LogP contribution in [0.15, 0.2) is 0 Å². The summed E-state index contributed by atoms with van der Waals surface area (Å²) in [7, 11) is -3.26. The molecule has 0 bridgehead atoms. The summed E-state index contributed by atoms with van der Waals surface area (Å²) in [5.74, 6) is 0. The van der Waals surface area contributed by atoms with Crippen molar-refractivity contribution in [1.29, 1.82) is 0 Å². The van der Waals surface area contributed by atoms with E-state index in [1.54, 1.807) is 0 Å². The number of rotatable bonds is 3. The lowest BCUT2D eigenvalue weighted by atomic mass is 10.1. The van der Waals surface area contributed by atoms with Crippen molar-refractivity contribution in [2.75, 3.05) is 19.3 Å². The topological polar surface area (TPSA) is 81.7 Å². The fourth-order valence-corrected chi connectivity index (χ4v) is 1.95. The molecule has 1 aliphatic heterocycles. The van der Waals surface area contributed by atoms with Crippen LogP contribution in [-0.4, -0.2) is 45.9 Å². The monoisotopic (exact) mass is 281 g/mol. The number of nitrogens with one attached hydrogen (secondary N) is 1. The van der Waals surface area contributed by atoms with Crippen LogP contribution in [0.4, 0.5) is 0 Å². The number of ether oxygens (including phenoxy) is 1. The average molecular weight is 281 g/mol. The molecule has 0 amide bonds. The van der Waals surface area contributed by atoms with Crippen LogP contribution < -0.4 is 5.32 Å². The molecule has 0 saturated carbocycles. The molecule has 7 heteroatoms. The fourth-order valence-electron chi connectivity index (χ4n) is 1.29. The molecule has 1 unspecified atom stereocenters. The van der Waals surface area contributed by atoms with Crippen molar-refractivity contribution in [1.82, 2.24) is 5.32 Å². The number of piperidine rings is 1. The summed E-state index contributed by atoms with van der Waals surface area (Å²) in [6.45, 7) is 7.53. The first-order valence-electron chi connectivity index (χ1n) is 5.84. The Kier molecular flexibility index (Phi) is 7.42. The quantitative estimate of drug-likeness (QED) is 0.605. The number of carbonyl (C=O) groups excluding carboxylic acids is 1. The van der Waals surface area contributed by atoms with Crippen molar-refractivity contribution in [3.05, 3.63) is 0 Å². The molecule has 18 heavy (non-hydrogen) atoms.